The van der Waals surface area contributed by atoms with Crippen molar-refractivity contribution in [1.29, 1.82) is 0 Å². The van der Waals surface area contributed by atoms with E-state index in [-0.39, 0.29) is 29.6 Å². The first-order valence-corrected chi connectivity index (χ1v) is 7.81. The highest BCUT2D eigenvalue weighted by molar-refractivity contribution is 5.29. The number of aliphatic hydroxyl groups is 1. The molecule has 1 aliphatic rings. The Morgan fingerprint density at radius 3 is 1.71 bits per heavy atom. The molecular weight excluding hydrogens is 270 g/mol. The summed E-state index contributed by atoms with van der Waals surface area (Å²) in [7, 11) is 0. The van der Waals surface area contributed by atoms with Crippen LogP contribution in [-0.2, 0) is 0 Å². The lowest BCUT2D eigenvalue weighted by Crippen LogP contribution is -2.13. The van der Waals surface area contributed by atoms with Gasteiger partial charge in [-0.05, 0) is 48.8 Å². The van der Waals surface area contributed by atoms with E-state index in [1.807, 2.05) is 34.6 Å². The summed E-state index contributed by atoms with van der Waals surface area (Å²) in [5.41, 5.74) is 1.05. The van der Waals surface area contributed by atoms with Gasteiger partial charge in [-0.2, -0.15) is 0 Å². The van der Waals surface area contributed by atoms with Crippen LogP contribution in [0.1, 0.15) is 70.9 Å². The third kappa shape index (κ3) is 7.03. The zero-order valence-corrected chi connectivity index (χ0v) is 14.3. The van der Waals surface area contributed by atoms with Crippen molar-refractivity contribution in [2.24, 2.45) is 5.41 Å². The predicted molar refractivity (Wildman–Crippen MR) is 85.6 cm³/mol. The van der Waals surface area contributed by atoms with Gasteiger partial charge in [0.25, 0.3) is 0 Å². The van der Waals surface area contributed by atoms with Crippen molar-refractivity contribution >= 4 is 0 Å². The van der Waals surface area contributed by atoms with Crippen LogP contribution in [-0.4, -0.2) is 11.7 Å². The van der Waals surface area contributed by atoms with Crippen molar-refractivity contribution in [2.75, 3.05) is 6.61 Å². The number of halogens is 2. The maximum absolute atomic E-state index is 13.3. The summed E-state index contributed by atoms with van der Waals surface area (Å²) in [4.78, 5) is 0. The lowest BCUT2D eigenvalue weighted by molar-refractivity contribution is 0.177. The second-order valence-corrected chi connectivity index (χ2v) is 6.49. The van der Waals surface area contributed by atoms with Crippen LogP contribution in [0, 0.1) is 24.0 Å². The number of aliphatic hydroxyl groups excluding tert-OH is 1. The molecule has 0 atom stereocenters. The van der Waals surface area contributed by atoms with Gasteiger partial charge in [-0.3, -0.25) is 0 Å². The van der Waals surface area contributed by atoms with Gasteiger partial charge in [0.1, 0.15) is 11.6 Å². The first kappa shape index (κ1) is 20.0. The van der Waals surface area contributed by atoms with E-state index in [2.05, 4.69) is 0 Å². The number of hydrogen-bond acceptors (Lipinski definition) is 1. The molecular formula is C18H30F2O. The molecule has 0 aliphatic heterocycles. The molecule has 1 N–H and O–H groups in total. The Kier molecular flexibility index (Phi) is 8.72. The van der Waals surface area contributed by atoms with Crippen LogP contribution in [0.2, 0.25) is 0 Å². The average molecular weight is 300 g/mol. The van der Waals surface area contributed by atoms with E-state index in [1.54, 1.807) is 6.92 Å². The van der Waals surface area contributed by atoms with E-state index in [1.165, 1.54) is 12.1 Å². The van der Waals surface area contributed by atoms with E-state index in [4.69, 9.17) is 5.11 Å². The molecule has 0 saturated heterocycles. The highest BCUT2D eigenvalue weighted by Crippen LogP contribution is 2.39. The van der Waals surface area contributed by atoms with Crippen molar-refractivity contribution in [3.8, 4) is 0 Å². The third-order valence-electron chi connectivity index (χ3n) is 3.21. The molecule has 1 aliphatic carbocycles. The molecule has 3 heteroatoms. The van der Waals surface area contributed by atoms with Crippen molar-refractivity contribution in [2.45, 2.75) is 66.7 Å². The van der Waals surface area contributed by atoms with Crippen molar-refractivity contribution < 1.29 is 13.9 Å². The first-order chi connectivity index (χ1) is 9.74. The summed E-state index contributed by atoms with van der Waals surface area (Å²) in [5.74, 6) is -0.620. The second kappa shape index (κ2) is 9.14. The van der Waals surface area contributed by atoms with Gasteiger partial charge in [0.2, 0.25) is 0 Å². The van der Waals surface area contributed by atoms with Gasteiger partial charge in [-0.15, -0.1) is 0 Å². The third-order valence-corrected chi connectivity index (χ3v) is 3.21. The van der Waals surface area contributed by atoms with Gasteiger partial charge in [0.05, 0.1) is 0 Å². The Labute approximate surface area is 128 Å². The fraction of sp³-hybridized carbons (Fsp3) is 0.667. The average Bonchev–Trinajstić information content (AvgIpc) is 2.33. The van der Waals surface area contributed by atoms with Crippen LogP contribution >= 0.6 is 0 Å². The van der Waals surface area contributed by atoms with Gasteiger partial charge in [0, 0.05) is 12.2 Å². The summed E-state index contributed by atoms with van der Waals surface area (Å²) in [6, 6.07) is 2.83. The molecule has 1 saturated carbocycles. The van der Waals surface area contributed by atoms with Gasteiger partial charge < -0.3 is 5.11 Å². The summed E-state index contributed by atoms with van der Waals surface area (Å²) in [6.07, 6.45) is 2.95. The van der Waals surface area contributed by atoms with E-state index >= 15 is 0 Å². The van der Waals surface area contributed by atoms with Gasteiger partial charge in [-0.25, -0.2) is 8.78 Å². The Bertz CT molecular complexity index is 395. The van der Waals surface area contributed by atoms with Crippen LogP contribution in [0.5, 0.6) is 0 Å². The summed E-state index contributed by atoms with van der Waals surface area (Å²) in [5, 5.41) is 8.40. The predicted octanol–water partition coefficient (Wildman–Crippen LogP) is 5.59. The van der Waals surface area contributed by atoms with Crippen LogP contribution in [0.4, 0.5) is 8.78 Å². The van der Waals surface area contributed by atoms with Crippen LogP contribution in [0.25, 0.3) is 0 Å². The van der Waals surface area contributed by atoms with Crippen LogP contribution in [0.15, 0.2) is 12.1 Å². The molecule has 122 valence electrons. The Morgan fingerprint density at radius 1 is 1.10 bits per heavy atom. The second-order valence-electron chi connectivity index (χ2n) is 6.49. The molecule has 0 amide bonds. The molecule has 2 rings (SSSR count). The van der Waals surface area contributed by atoms with Gasteiger partial charge >= 0.3 is 0 Å². The fourth-order valence-corrected chi connectivity index (χ4v) is 1.80. The summed E-state index contributed by atoms with van der Waals surface area (Å²) >= 11 is 0. The monoisotopic (exact) mass is 300 g/mol. The van der Waals surface area contributed by atoms with E-state index in [0.29, 0.717) is 11.1 Å². The topological polar surface area (TPSA) is 20.2 Å². The highest BCUT2D eigenvalue weighted by Gasteiger charge is 2.25. The van der Waals surface area contributed by atoms with Crippen LogP contribution in [0.3, 0.4) is 0 Å². The molecule has 0 bridgehead atoms. The van der Waals surface area contributed by atoms with Crippen molar-refractivity contribution in [1.82, 2.24) is 0 Å². The zero-order valence-electron chi connectivity index (χ0n) is 14.3. The molecule has 0 aromatic heterocycles. The van der Waals surface area contributed by atoms with Crippen molar-refractivity contribution in [3.63, 3.8) is 0 Å². The Morgan fingerprint density at radius 2 is 1.48 bits per heavy atom. The lowest BCUT2D eigenvalue weighted by Gasteiger charge is -2.26. The molecule has 1 aromatic carbocycles. The summed E-state index contributed by atoms with van der Waals surface area (Å²) in [6.45, 7) is 12.0. The van der Waals surface area contributed by atoms with E-state index in [9.17, 15) is 8.78 Å². The highest BCUT2D eigenvalue weighted by atomic mass is 19.1. The Balaban J connectivity index is 0.000000427. The molecule has 21 heavy (non-hydrogen) atoms. The minimum atomic E-state index is -0.373. The molecule has 0 spiro atoms. The number of aryl methyl sites for hydroxylation is 1. The minimum absolute atomic E-state index is 0.0972. The van der Waals surface area contributed by atoms with E-state index in [0.717, 1.165) is 19.3 Å². The minimum Gasteiger partial charge on any atom is -0.396 e. The molecule has 1 aromatic rings. The maximum Gasteiger partial charge on any atom is 0.129 e. The summed E-state index contributed by atoms with van der Waals surface area (Å²) < 4.78 is 26.7. The van der Waals surface area contributed by atoms with Crippen molar-refractivity contribution in [3.05, 3.63) is 34.9 Å². The number of rotatable bonds is 1. The fourth-order valence-electron chi connectivity index (χ4n) is 1.80. The van der Waals surface area contributed by atoms with Gasteiger partial charge in [-0.1, -0.05) is 41.0 Å². The largest absolute Gasteiger partial charge is 0.396 e. The normalized spacial score (nSPS) is 14.3. The molecule has 0 heterocycles. The molecule has 1 fully saturated rings. The molecule has 0 radical (unpaired) electrons. The number of hydrogen-bond donors (Lipinski definition) is 1. The maximum atomic E-state index is 13.3. The number of benzene rings is 1. The van der Waals surface area contributed by atoms with Gasteiger partial charge in [0.15, 0.2) is 0 Å². The van der Waals surface area contributed by atoms with E-state index < -0.39 is 0 Å². The zero-order chi connectivity index (χ0) is 16.6. The molecule has 0 unspecified atom stereocenters. The first-order valence-electron chi connectivity index (χ1n) is 7.81. The lowest BCUT2D eigenvalue weighted by atomic mass is 9.79. The van der Waals surface area contributed by atoms with Crippen LogP contribution < -0.4 is 0 Å². The quantitative estimate of drug-likeness (QED) is 0.716. The smallest absolute Gasteiger partial charge is 0.129 e. The standard InChI is InChI=1S/C11H12F2.C5H12O.C2H6/c1-7-5-9(12)11(10(13)6-7)8-3-2-4-8;1-5(2,3)4-6;1-2/h5-6,8H,2-4H2,1H3;6H,4H2,1-3H3;1-2H3. The molecule has 1 nitrogen and oxygen atoms in total. The SMILES string of the molecule is CC.CC(C)(C)CO.Cc1cc(F)c(C2CCC2)c(F)c1. The Hall–Kier alpha value is -0.960.